The van der Waals surface area contributed by atoms with Crippen molar-refractivity contribution in [2.45, 2.75) is 32.4 Å². The second kappa shape index (κ2) is 5.39. The Labute approximate surface area is 109 Å². The number of amides is 1. The summed E-state index contributed by atoms with van der Waals surface area (Å²) in [5.74, 6) is -0.0722. The number of nitrogens with one attached hydrogen (secondary N) is 2. The zero-order chi connectivity index (χ0) is 13.1. The lowest BCUT2D eigenvalue weighted by atomic mass is 10.1. The molecule has 1 atom stereocenters. The highest BCUT2D eigenvalue weighted by Gasteiger charge is 2.23. The quantitative estimate of drug-likeness (QED) is 0.844. The Hall–Kier alpha value is -1.56. The standard InChI is InChI=1S/C11H15ClN4O2/c1-2-16-11(18)9(12)8(6-14-16)15-7-4-3-5-13-10(7)17/h6-7,15H,2-5H2,1H3,(H,13,17). The van der Waals surface area contributed by atoms with Gasteiger partial charge in [-0.05, 0) is 19.8 Å². The molecule has 1 saturated heterocycles. The van der Waals surface area contributed by atoms with Gasteiger partial charge in [0.1, 0.15) is 11.1 Å². The molecule has 2 rings (SSSR count). The van der Waals surface area contributed by atoms with Crippen LogP contribution in [0.3, 0.4) is 0 Å². The minimum atomic E-state index is -0.352. The van der Waals surface area contributed by atoms with E-state index in [1.165, 1.54) is 10.9 Å². The molecule has 1 aliphatic heterocycles. The van der Waals surface area contributed by atoms with Crippen molar-refractivity contribution in [2.24, 2.45) is 0 Å². The fourth-order valence-electron chi connectivity index (χ4n) is 1.89. The maximum atomic E-state index is 11.8. The molecule has 1 aromatic heterocycles. The van der Waals surface area contributed by atoms with E-state index in [1.54, 1.807) is 0 Å². The molecule has 1 amide bonds. The fourth-order valence-corrected chi connectivity index (χ4v) is 2.09. The third kappa shape index (κ3) is 2.48. The van der Waals surface area contributed by atoms with Crippen molar-refractivity contribution >= 4 is 23.2 Å². The van der Waals surface area contributed by atoms with Crippen LogP contribution in [-0.2, 0) is 11.3 Å². The number of nitrogens with zero attached hydrogens (tertiary/aromatic N) is 2. The molecule has 6 nitrogen and oxygen atoms in total. The van der Waals surface area contributed by atoms with Gasteiger partial charge in [0.15, 0.2) is 0 Å². The Morgan fingerprint density at radius 3 is 3.06 bits per heavy atom. The molecule has 1 unspecified atom stereocenters. The van der Waals surface area contributed by atoms with Crippen LogP contribution in [0.2, 0.25) is 5.02 Å². The number of hydrogen-bond acceptors (Lipinski definition) is 4. The first-order valence-corrected chi connectivity index (χ1v) is 6.31. The molecule has 0 radical (unpaired) electrons. The number of halogens is 1. The van der Waals surface area contributed by atoms with Crippen molar-refractivity contribution in [3.8, 4) is 0 Å². The lowest BCUT2D eigenvalue weighted by Crippen LogP contribution is -2.44. The Balaban J connectivity index is 2.21. The maximum Gasteiger partial charge on any atom is 0.287 e. The van der Waals surface area contributed by atoms with Crippen LogP contribution in [0.15, 0.2) is 11.0 Å². The molecule has 1 aromatic rings. The van der Waals surface area contributed by atoms with Crippen LogP contribution in [0.5, 0.6) is 0 Å². The first kappa shape index (κ1) is 12.9. The lowest BCUT2D eigenvalue weighted by Gasteiger charge is -2.23. The van der Waals surface area contributed by atoms with Gasteiger partial charge in [-0.15, -0.1) is 0 Å². The van der Waals surface area contributed by atoms with Crippen molar-refractivity contribution in [1.82, 2.24) is 15.1 Å². The molecule has 7 heteroatoms. The highest BCUT2D eigenvalue weighted by Crippen LogP contribution is 2.18. The van der Waals surface area contributed by atoms with Crippen LogP contribution in [0.4, 0.5) is 5.69 Å². The van der Waals surface area contributed by atoms with Crippen LogP contribution in [0, 0.1) is 0 Å². The molecule has 1 fully saturated rings. The number of aryl methyl sites for hydroxylation is 1. The van der Waals surface area contributed by atoms with E-state index in [9.17, 15) is 9.59 Å². The summed E-state index contributed by atoms with van der Waals surface area (Å²) in [5.41, 5.74) is 0.0637. The van der Waals surface area contributed by atoms with Gasteiger partial charge in [-0.2, -0.15) is 5.10 Å². The Morgan fingerprint density at radius 1 is 1.61 bits per heavy atom. The van der Waals surface area contributed by atoms with Crippen LogP contribution in [0.25, 0.3) is 0 Å². The zero-order valence-electron chi connectivity index (χ0n) is 10.1. The topological polar surface area (TPSA) is 76.0 Å². The molecule has 0 aliphatic carbocycles. The summed E-state index contributed by atoms with van der Waals surface area (Å²) in [6.45, 7) is 2.97. The third-order valence-corrected chi connectivity index (χ3v) is 3.26. The number of aromatic nitrogens is 2. The first-order valence-electron chi connectivity index (χ1n) is 5.93. The molecule has 2 N–H and O–H groups in total. The van der Waals surface area contributed by atoms with Gasteiger partial charge < -0.3 is 10.6 Å². The zero-order valence-corrected chi connectivity index (χ0v) is 10.8. The van der Waals surface area contributed by atoms with Crippen molar-refractivity contribution in [3.05, 3.63) is 21.6 Å². The van der Waals surface area contributed by atoms with Gasteiger partial charge in [-0.3, -0.25) is 9.59 Å². The fraction of sp³-hybridized carbons (Fsp3) is 0.545. The van der Waals surface area contributed by atoms with E-state index >= 15 is 0 Å². The van der Waals surface area contributed by atoms with Gasteiger partial charge in [-0.1, -0.05) is 11.6 Å². The summed E-state index contributed by atoms with van der Waals surface area (Å²) in [6.07, 6.45) is 3.11. The monoisotopic (exact) mass is 270 g/mol. The minimum Gasteiger partial charge on any atom is -0.371 e. The van der Waals surface area contributed by atoms with E-state index in [0.717, 1.165) is 12.8 Å². The van der Waals surface area contributed by atoms with Gasteiger partial charge in [0.2, 0.25) is 5.91 Å². The van der Waals surface area contributed by atoms with Crippen LogP contribution < -0.4 is 16.2 Å². The highest BCUT2D eigenvalue weighted by atomic mass is 35.5. The molecule has 0 saturated carbocycles. The predicted molar refractivity (Wildman–Crippen MR) is 68.8 cm³/mol. The van der Waals surface area contributed by atoms with E-state index in [-0.39, 0.29) is 22.5 Å². The average molecular weight is 271 g/mol. The lowest BCUT2D eigenvalue weighted by molar-refractivity contribution is -0.123. The van der Waals surface area contributed by atoms with Gasteiger partial charge in [-0.25, -0.2) is 4.68 Å². The summed E-state index contributed by atoms with van der Waals surface area (Å²) in [6, 6.07) is -0.352. The molecular formula is C11H15ClN4O2. The Bertz CT molecular complexity index is 514. The molecule has 0 bridgehead atoms. The summed E-state index contributed by atoms with van der Waals surface area (Å²) in [5, 5.41) is 9.78. The molecule has 0 aromatic carbocycles. The third-order valence-electron chi connectivity index (χ3n) is 2.90. The molecule has 0 spiro atoms. The van der Waals surface area contributed by atoms with E-state index in [1.807, 2.05) is 6.92 Å². The number of hydrogen-bond donors (Lipinski definition) is 2. The SMILES string of the molecule is CCn1ncc(NC2CCCNC2=O)c(Cl)c1=O. The van der Waals surface area contributed by atoms with Gasteiger partial charge >= 0.3 is 0 Å². The number of piperidine rings is 1. The van der Waals surface area contributed by atoms with Crippen molar-refractivity contribution < 1.29 is 4.79 Å². The highest BCUT2D eigenvalue weighted by molar-refractivity contribution is 6.33. The maximum absolute atomic E-state index is 11.8. The number of anilines is 1. The van der Waals surface area contributed by atoms with Gasteiger partial charge in [0.25, 0.3) is 5.56 Å². The second-order valence-corrected chi connectivity index (χ2v) is 4.50. The summed E-state index contributed by atoms with van der Waals surface area (Å²) in [7, 11) is 0. The molecule has 1 aliphatic rings. The molecule has 18 heavy (non-hydrogen) atoms. The summed E-state index contributed by atoms with van der Waals surface area (Å²) in [4.78, 5) is 23.4. The van der Waals surface area contributed by atoms with E-state index in [4.69, 9.17) is 11.6 Å². The summed E-state index contributed by atoms with van der Waals surface area (Å²) < 4.78 is 1.27. The first-order chi connectivity index (χ1) is 8.63. The van der Waals surface area contributed by atoms with Crippen LogP contribution >= 0.6 is 11.6 Å². The second-order valence-electron chi connectivity index (χ2n) is 4.12. The van der Waals surface area contributed by atoms with E-state index in [0.29, 0.717) is 18.8 Å². The smallest absolute Gasteiger partial charge is 0.287 e. The largest absolute Gasteiger partial charge is 0.371 e. The molecular weight excluding hydrogens is 256 g/mol. The normalized spacial score (nSPS) is 19.4. The van der Waals surface area contributed by atoms with Gasteiger partial charge in [0.05, 0.1) is 11.9 Å². The Morgan fingerprint density at radius 2 is 2.39 bits per heavy atom. The van der Waals surface area contributed by atoms with Crippen LogP contribution in [-0.4, -0.2) is 28.3 Å². The van der Waals surface area contributed by atoms with Crippen molar-refractivity contribution in [3.63, 3.8) is 0 Å². The number of carbonyl (C=O) groups is 1. The molecule has 2 heterocycles. The number of rotatable bonds is 3. The van der Waals surface area contributed by atoms with E-state index < -0.39 is 0 Å². The van der Waals surface area contributed by atoms with Crippen molar-refractivity contribution in [1.29, 1.82) is 0 Å². The molecule has 98 valence electrons. The van der Waals surface area contributed by atoms with Crippen molar-refractivity contribution in [2.75, 3.05) is 11.9 Å². The van der Waals surface area contributed by atoms with Gasteiger partial charge in [0, 0.05) is 13.1 Å². The minimum absolute atomic E-state index is 0.0722. The van der Waals surface area contributed by atoms with E-state index in [2.05, 4.69) is 15.7 Å². The Kier molecular flexibility index (Phi) is 3.86. The van der Waals surface area contributed by atoms with Crippen LogP contribution in [0.1, 0.15) is 19.8 Å². The predicted octanol–water partition coefficient (Wildman–Crippen LogP) is 0.607. The average Bonchev–Trinajstić information content (AvgIpc) is 2.38. The summed E-state index contributed by atoms with van der Waals surface area (Å²) >= 11 is 5.98. The number of carbonyl (C=O) groups excluding carboxylic acids is 1.